The first-order valence-electron chi connectivity index (χ1n) is 7.21. The molecule has 3 nitrogen and oxygen atoms in total. The standard InChI is InChI=1S/C15H13F3N2OS/c16-15(17,18)9-2-1-3-10(7-9)20-13(21)12-8-4-5-11(6-8)19(12)14(20)22/h1-3,7-8,11-12H,4-6H2. The second kappa shape index (κ2) is 4.44. The Balaban J connectivity index is 1.72. The maximum Gasteiger partial charge on any atom is 0.416 e. The van der Waals surface area contributed by atoms with E-state index in [2.05, 4.69) is 0 Å². The van der Waals surface area contributed by atoms with E-state index in [1.807, 2.05) is 4.90 Å². The van der Waals surface area contributed by atoms with Crippen LogP contribution in [0.2, 0.25) is 0 Å². The minimum atomic E-state index is -4.43. The number of thiocarbonyl (C=S) groups is 1. The highest BCUT2D eigenvalue weighted by Crippen LogP contribution is 2.47. The van der Waals surface area contributed by atoms with E-state index in [0.717, 1.165) is 31.4 Å². The maximum atomic E-state index is 12.9. The molecule has 0 spiro atoms. The first kappa shape index (κ1) is 14.0. The first-order chi connectivity index (χ1) is 10.4. The number of benzene rings is 1. The van der Waals surface area contributed by atoms with Crippen LogP contribution in [0.25, 0.3) is 0 Å². The molecular formula is C15H13F3N2OS. The Hall–Kier alpha value is -1.63. The van der Waals surface area contributed by atoms with Gasteiger partial charge in [0, 0.05) is 6.04 Å². The van der Waals surface area contributed by atoms with Crippen molar-refractivity contribution in [3.8, 4) is 0 Å². The SMILES string of the molecule is O=C1C2C3CCC(C3)N2C(=S)N1c1cccc(C(F)(F)F)c1. The van der Waals surface area contributed by atoms with Crippen LogP contribution < -0.4 is 4.90 Å². The van der Waals surface area contributed by atoms with Gasteiger partial charge in [0.2, 0.25) is 0 Å². The minimum absolute atomic E-state index is 0.184. The van der Waals surface area contributed by atoms with Crippen LogP contribution in [0.1, 0.15) is 24.8 Å². The Morgan fingerprint density at radius 2 is 2.00 bits per heavy atom. The van der Waals surface area contributed by atoms with Crippen molar-refractivity contribution in [2.24, 2.45) is 5.92 Å². The number of anilines is 1. The van der Waals surface area contributed by atoms with Crippen molar-refractivity contribution in [2.45, 2.75) is 37.5 Å². The van der Waals surface area contributed by atoms with E-state index < -0.39 is 11.7 Å². The van der Waals surface area contributed by atoms with Crippen LogP contribution in [0.3, 0.4) is 0 Å². The van der Waals surface area contributed by atoms with Crippen LogP contribution >= 0.6 is 12.2 Å². The molecule has 1 aliphatic carbocycles. The monoisotopic (exact) mass is 326 g/mol. The van der Waals surface area contributed by atoms with Gasteiger partial charge in [-0.3, -0.25) is 9.69 Å². The van der Waals surface area contributed by atoms with E-state index in [9.17, 15) is 18.0 Å². The molecule has 3 aliphatic rings. The number of hydrogen-bond donors (Lipinski definition) is 0. The summed E-state index contributed by atoms with van der Waals surface area (Å²) < 4.78 is 38.6. The lowest BCUT2D eigenvalue weighted by molar-refractivity contribution is -0.137. The third-order valence-corrected chi connectivity index (χ3v) is 5.30. The van der Waals surface area contributed by atoms with Gasteiger partial charge in [-0.2, -0.15) is 13.2 Å². The molecule has 116 valence electrons. The molecule has 2 bridgehead atoms. The Bertz CT molecular complexity index is 647. The predicted octanol–water partition coefficient (Wildman–Crippen LogP) is 3.19. The topological polar surface area (TPSA) is 23.6 Å². The third-order valence-electron chi connectivity index (χ3n) is 4.90. The van der Waals surface area contributed by atoms with Crippen LogP contribution in [0.15, 0.2) is 24.3 Å². The first-order valence-corrected chi connectivity index (χ1v) is 7.62. The van der Waals surface area contributed by atoms with Gasteiger partial charge in [0.05, 0.1) is 11.3 Å². The van der Waals surface area contributed by atoms with Crippen LogP contribution in [-0.2, 0) is 11.0 Å². The molecule has 22 heavy (non-hydrogen) atoms. The Morgan fingerprint density at radius 3 is 2.68 bits per heavy atom. The average molecular weight is 326 g/mol. The van der Waals surface area contributed by atoms with Gasteiger partial charge in [0.25, 0.3) is 5.91 Å². The molecule has 2 saturated heterocycles. The van der Waals surface area contributed by atoms with E-state index in [4.69, 9.17) is 12.2 Å². The van der Waals surface area contributed by atoms with Gasteiger partial charge in [-0.15, -0.1) is 0 Å². The molecule has 1 aromatic carbocycles. The summed E-state index contributed by atoms with van der Waals surface area (Å²) in [7, 11) is 0. The van der Waals surface area contributed by atoms with Gasteiger partial charge in [-0.1, -0.05) is 6.07 Å². The number of carbonyl (C=O) groups is 1. The molecule has 1 amide bonds. The fourth-order valence-electron chi connectivity index (χ4n) is 3.98. The van der Waals surface area contributed by atoms with E-state index >= 15 is 0 Å². The molecule has 3 unspecified atom stereocenters. The lowest BCUT2D eigenvalue weighted by Gasteiger charge is -2.28. The number of halogens is 3. The molecule has 4 rings (SSSR count). The predicted molar refractivity (Wildman–Crippen MR) is 78.3 cm³/mol. The van der Waals surface area contributed by atoms with Crippen LogP contribution in [0.5, 0.6) is 0 Å². The molecule has 0 radical (unpaired) electrons. The number of alkyl halides is 3. The number of fused-ring (bicyclic) bond motifs is 5. The fourth-order valence-corrected chi connectivity index (χ4v) is 4.44. The highest BCUT2D eigenvalue weighted by Gasteiger charge is 2.57. The lowest BCUT2D eigenvalue weighted by atomic mass is 9.99. The normalized spacial score (nSPS) is 30.4. The molecule has 3 fully saturated rings. The minimum Gasteiger partial charge on any atom is -0.333 e. The van der Waals surface area contributed by atoms with Crippen LogP contribution in [-0.4, -0.2) is 28.0 Å². The average Bonchev–Trinajstić information content (AvgIpc) is 3.12. The summed E-state index contributed by atoms with van der Waals surface area (Å²) in [5, 5.41) is 0.349. The zero-order valence-corrected chi connectivity index (χ0v) is 12.3. The highest BCUT2D eigenvalue weighted by molar-refractivity contribution is 7.80. The van der Waals surface area contributed by atoms with Gasteiger partial charge in [0.1, 0.15) is 6.04 Å². The second-order valence-corrected chi connectivity index (χ2v) is 6.45. The Kier molecular flexibility index (Phi) is 2.82. The molecule has 7 heteroatoms. The quantitative estimate of drug-likeness (QED) is 0.741. The molecule has 1 saturated carbocycles. The van der Waals surface area contributed by atoms with E-state index in [1.54, 1.807) is 0 Å². The van der Waals surface area contributed by atoms with Gasteiger partial charge < -0.3 is 4.90 Å². The molecule has 1 aromatic rings. The van der Waals surface area contributed by atoms with E-state index in [0.29, 0.717) is 5.11 Å². The van der Waals surface area contributed by atoms with Crippen molar-refractivity contribution in [1.29, 1.82) is 0 Å². The summed E-state index contributed by atoms with van der Waals surface area (Å²) >= 11 is 5.39. The number of carbonyl (C=O) groups excluding carboxylic acids is 1. The fraction of sp³-hybridized carbons (Fsp3) is 0.467. The van der Waals surface area contributed by atoms with Crippen molar-refractivity contribution in [3.05, 3.63) is 29.8 Å². The van der Waals surface area contributed by atoms with Crippen molar-refractivity contribution < 1.29 is 18.0 Å². The zero-order valence-electron chi connectivity index (χ0n) is 11.5. The number of hydrogen-bond acceptors (Lipinski definition) is 2. The van der Waals surface area contributed by atoms with Crippen molar-refractivity contribution in [1.82, 2.24) is 4.90 Å². The van der Waals surface area contributed by atoms with Crippen molar-refractivity contribution in [3.63, 3.8) is 0 Å². The second-order valence-electron chi connectivity index (χ2n) is 6.08. The smallest absolute Gasteiger partial charge is 0.333 e. The van der Waals surface area contributed by atoms with Crippen LogP contribution in [0.4, 0.5) is 18.9 Å². The largest absolute Gasteiger partial charge is 0.416 e. The highest BCUT2D eigenvalue weighted by atomic mass is 32.1. The summed E-state index contributed by atoms with van der Waals surface area (Å²) in [6.45, 7) is 0. The zero-order chi connectivity index (χ0) is 15.6. The molecule has 2 aliphatic heterocycles. The van der Waals surface area contributed by atoms with Gasteiger partial charge >= 0.3 is 6.18 Å². The summed E-state index contributed by atoms with van der Waals surface area (Å²) in [5.41, 5.74) is -0.561. The lowest BCUT2D eigenvalue weighted by Crippen LogP contribution is -2.40. The van der Waals surface area contributed by atoms with Crippen molar-refractivity contribution >= 4 is 28.9 Å². The third kappa shape index (κ3) is 1.81. The van der Waals surface area contributed by atoms with Gasteiger partial charge in [-0.05, 0) is 55.6 Å². The van der Waals surface area contributed by atoms with Gasteiger partial charge in [-0.25, -0.2) is 0 Å². The number of nitrogens with zero attached hydrogens (tertiary/aromatic N) is 2. The molecule has 3 atom stereocenters. The van der Waals surface area contributed by atoms with E-state index in [-0.39, 0.29) is 29.6 Å². The number of amides is 1. The van der Waals surface area contributed by atoms with E-state index in [1.165, 1.54) is 17.0 Å². The van der Waals surface area contributed by atoms with Gasteiger partial charge in [0.15, 0.2) is 5.11 Å². The summed E-state index contributed by atoms with van der Waals surface area (Å²) in [6.07, 6.45) is -1.47. The summed E-state index contributed by atoms with van der Waals surface area (Å²) in [6, 6.07) is 4.80. The Labute approximate surface area is 130 Å². The maximum absolute atomic E-state index is 12.9. The Morgan fingerprint density at radius 1 is 1.23 bits per heavy atom. The number of piperidine rings is 1. The molecule has 2 heterocycles. The van der Waals surface area contributed by atoms with Crippen molar-refractivity contribution in [2.75, 3.05) is 4.90 Å². The van der Waals surface area contributed by atoms with Crippen LogP contribution in [0, 0.1) is 5.92 Å². The molecular weight excluding hydrogens is 313 g/mol. The molecule has 0 aromatic heterocycles. The summed E-state index contributed by atoms with van der Waals surface area (Å²) in [4.78, 5) is 15.9. The number of rotatable bonds is 1. The molecule has 0 N–H and O–H groups in total. The summed E-state index contributed by atoms with van der Waals surface area (Å²) in [5.74, 6) is 0.0998.